The number of rotatable bonds is 15. The van der Waals surface area contributed by atoms with Crippen molar-refractivity contribution in [3.05, 3.63) is 516 Å². The van der Waals surface area contributed by atoms with Crippen LogP contribution in [0.2, 0.25) is 0 Å². The van der Waals surface area contributed by atoms with E-state index in [4.69, 9.17) is 53.1 Å². The van der Waals surface area contributed by atoms with Gasteiger partial charge in [-0.05, 0) is 143 Å². The molecule has 0 radical (unpaired) electrons. The maximum absolute atomic E-state index is 6.80. The molecule has 14 nitrogen and oxygen atoms in total. The van der Waals surface area contributed by atoms with Crippen LogP contribution >= 0.6 is 0 Å². The van der Waals surface area contributed by atoms with E-state index in [1.54, 1.807) is 0 Å². The second-order valence-electron chi connectivity index (χ2n) is 37.5. The molecule has 9 heterocycles. The van der Waals surface area contributed by atoms with Gasteiger partial charge in [0, 0.05) is 137 Å². The van der Waals surface area contributed by atoms with Gasteiger partial charge in [-0.15, -0.1) is 0 Å². The van der Waals surface area contributed by atoms with E-state index in [2.05, 4.69) is 341 Å². The Morgan fingerprint density at radius 1 is 0.140 bits per heavy atom. The lowest BCUT2D eigenvalue weighted by molar-refractivity contribution is 0.669. The van der Waals surface area contributed by atoms with Crippen LogP contribution in [0.15, 0.2) is 529 Å². The van der Waals surface area contributed by atoms with E-state index in [0.717, 1.165) is 210 Å². The third-order valence-corrected chi connectivity index (χ3v) is 28.6. The lowest BCUT2D eigenvalue weighted by Crippen LogP contribution is -2.06. The average molecular weight is 1920 g/mol. The highest BCUT2D eigenvalue weighted by Crippen LogP contribution is 2.47. The first-order valence-corrected chi connectivity index (χ1v) is 50.2. The van der Waals surface area contributed by atoms with Crippen LogP contribution in [0.3, 0.4) is 0 Å². The Kier molecular flexibility index (Phi) is 21.6. The molecule has 30 rings (SSSR count). The van der Waals surface area contributed by atoms with Gasteiger partial charge in [0.1, 0.15) is 33.5 Å². The minimum atomic E-state index is 0.572. The molecule has 0 saturated carbocycles. The van der Waals surface area contributed by atoms with Crippen molar-refractivity contribution < 1.29 is 13.3 Å². The second kappa shape index (κ2) is 37.0. The van der Waals surface area contributed by atoms with Crippen molar-refractivity contribution in [3.63, 3.8) is 0 Å². The Balaban J connectivity index is 0.000000109. The monoisotopic (exact) mass is 1920 g/mol. The molecule has 9 aromatic heterocycles. The molecule has 0 atom stereocenters. The van der Waals surface area contributed by atoms with E-state index in [9.17, 15) is 0 Å². The standard InChI is InChI=1S/C51H32N4O.C46H29N3O.C39H24N4O/c1-4-15-33(16-5-1)39-24-13-26-42-43-27-14-25-40(48(43)56-47(39)42)36-29-30-46-44(32-36)41-23-10-11-28-45(41)55(46)38-22-12-21-37(31-38)51-53-49(34-17-6-2-7-18-34)52-50(54-51)35-19-8-3-9-20-35;1-3-11-30(12-4-1)40-29-41(31-13-5-2-6-14-31)48-46(47-40)32-19-23-35(24-20-32)49-42-17-9-7-15-36(42)38-27-33(21-25-43(38)49)34-22-26-45-39(28-34)37-16-8-10-18-44(37)50-45;1-3-12-25(13-4-1)37-40-38(26-14-5-2-6-15-26)42-39(41-37)43-33-20-9-7-16-29(33)30-23-22-27(24-34(30)43)28-18-11-19-32-31-17-8-10-21-35(31)44-36(28)32/h1-32H;1-29H;1-24H. The van der Waals surface area contributed by atoms with Crippen LogP contribution < -0.4 is 0 Å². The largest absolute Gasteiger partial charge is 0.456 e. The van der Waals surface area contributed by atoms with Gasteiger partial charge in [0.25, 0.3) is 0 Å². The van der Waals surface area contributed by atoms with Gasteiger partial charge in [-0.3, -0.25) is 4.57 Å². The molecule has 21 aromatic carbocycles. The van der Waals surface area contributed by atoms with Gasteiger partial charge in [0.2, 0.25) is 5.95 Å². The summed E-state index contributed by atoms with van der Waals surface area (Å²) in [4.78, 5) is 40.1. The molecule has 0 N–H and O–H groups in total. The number of nitrogens with zero attached hydrogens (tertiary/aromatic N) is 11. The van der Waals surface area contributed by atoms with Gasteiger partial charge in [0.05, 0.1) is 44.5 Å². The Labute approximate surface area is 860 Å². The van der Waals surface area contributed by atoms with Crippen molar-refractivity contribution in [3.8, 4) is 153 Å². The summed E-state index contributed by atoms with van der Waals surface area (Å²) in [5.41, 5.74) is 32.5. The quantitative estimate of drug-likeness (QED) is 0.0962. The van der Waals surface area contributed by atoms with E-state index in [1.165, 1.54) is 32.7 Å². The van der Waals surface area contributed by atoms with Crippen LogP contribution in [-0.2, 0) is 0 Å². The molecule has 0 unspecified atom stereocenters. The molecule has 0 amide bonds. The van der Waals surface area contributed by atoms with Crippen molar-refractivity contribution in [1.29, 1.82) is 0 Å². The topological polar surface area (TPSA) is 157 Å². The number of aromatic nitrogens is 11. The predicted molar refractivity (Wildman–Crippen MR) is 612 cm³/mol. The zero-order valence-electron chi connectivity index (χ0n) is 80.7. The molecular formula is C136H85N11O3. The maximum atomic E-state index is 6.80. The molecular weight excluding hydrogens is 1840 g/mol. The minimum absolute atomic E-state index is 0.572. The summed E-state index contributed by atoms with van der Waals surface area (Å²) in [6.45, 7) is 0. The molecule has 0 aliphatic carbocycles. The first-order valence-electron chi connectivity index (χ1n) is 50.2. The third kappa shape index (κ3) is 15.7. The highest BCUT2D eigenvalue weighted by atomic mass is 16.3. The molecule has 702 valence electrons. The molecule has 0 spiro atoms. The molecule has 150 heavy (non-hydrogen) atoms. The number of benzene rings is 21. The summed E-state index contributed by atoms with van der Waals surface area (Å²) >= 11 is 0. The number of hydrogen-bond donors (Lipinski definition) is 0. The number of furan rings is 3. The van der Waals surface area contributed by atoms with Crippen molar-refractivity contribution >= 4 is 131 Å². The van der Waals surface area contributed by atoms with Gasteiger partial charge < -0.3 is 22.4 Å². The van der Waals surface area contributed by atoms with E-state index < -0.39 is 0 Å². The van der Waals surface area contributed by atoms with Crippen molar-refractivity contribution in [1.82, 2.24) is 53.6 Å². The van der Waals surface area contributed by atoms with Gasteiger partial charge in [-0.2, -0.15) is 9.97 Å². The fourth-order valence-corrected chi connectivity index (χ4v) is 21.4. The van der Waals surface area contributed by atoms with Crippen LogP contribution in [0.1, 0.15) is 0 Å². The van der Waals surface area contributed by atoms with E-state index in [-0.39, 0.29) is 0 Å². The average Bonchev–Trinajstić information content (AvgIpc) is 1.58. The predicted octanol–water partition coefficient (Wildman–Crippen LogP) is 35.2. The summed E-state index contributed by atoms with van der Waals surface area (Å²) < 4.78 is 26.2. The molecule has 0 bridgehead atoms. The first kappa shape index (κ1) is 87.3. The smallest absolute Gasteiger partial charge is 0.238 e. The summed E-state index contributed by atoms with van der Waals surface area (Å²) in [6.07, 6.45) is 0. The highest BCUT2D eigenvalue weighted by Gasteiger charge is 2.26. The highest BCUT2D eigenvalue weighted by molar-refractivity contribution is 6.18. The SMILES string of the molecule is c1ccc(-c2cc(-c3ccccc3)nc(-c3ccc(-n4c5ccccc5c5cc(-c6ccc7oc8ccccc8c7c6)ccc54)cc3)n2)cc1.c1ccc(-c2nc(-c3ccccc3)nc(-c3cccc(-n4c5ccccc5c5cc(-c6cccc7c6oc6c(-c8ccccc8)cccc67)ccc54)c3)n2)cc1.c1ccc(-c2nc(-c3ccccc3)nc(-n3c4ccccc4c4ccc(-c5cccc6c5oc5ccccc56)cc43)n2)cc1. The van der Waals surface area contributed by atoms with Crippen molar-refractivity contribution in [2.75, 3.05) is 0 Å². The Hall–Kier alpha value is -20.5. The lowest BCUT2D eigenvalue weighted by atomic mass is 9.99. The molecule has 30 aromatic rings. The Morgan fingerprint density at radius 2 is 0.453 bits per heavy atom. The Bertz CT molecular complexity index is 10300. The zero-order valence-corrected chi connectivity index (χ0v) is 80.7. The zero-order chi connectivity index (χ0) is 99.1. The molecule has 0 saturated heterocycles. The van der Waals surface area contributed by atoms with Crippen LogP contribution in [0.25, 0.3) is 284 Å². The van der Waals surface area contributed by atoms with Crippen LogP contribution in [0.4, 0.5) is 0 Å². The van der Waals surface area contributed by atoms with Crippen LogP contribution in [0.5, 0.6) is 0 Å². The Morgan fingerprint density at radius 3 is 0.973 bits per heavy atom. The second-order valence-corrected chi connectivity index (χ2v) is 37.5. The summed E-state index contributed by atoms with van der Waals surface area (Å²) in [5, 5.41) is 13.8. The molecule has 0 aliphatic rings. The van der Waals surface area contributed by atoms with Gasteiger partial charge >= 0.3 is 0 Å². The van der Waals surface area contributed by atoms with Crippen molar-refractivity contribution in [2.45, 2.75) is 0 Å². The summed E-state index contributed by atoms with van der Waals surface area (Å²) in [6, 6.07) is 179. The van der Waals surface area contributed by atoms with E-state index in [1.807, 2.05) is 188 Å². The number of fused-ring (bicyclic) bond motifs is 18. The fourth-order valence-electron chi connectivity index (χ4n) is 21.4. The normalized spacial score (nSPS) is 11.6. The maximum Gasteiger partial charge on any atom is 0.238 e. The number of hydrogen-bond acceptors (Lipinski definition) is 11. The molecule has 14 heteroatoms. The van der Waals surface area contributed by atoms with Crippen molar-refractivity contribution in [2.24, 2.45) is 0 Å². The van der Waals surface area contributed by atoms with Crippen LogP contribution in [-0.4, -0.2) is 53.6 Å². The van der Waals surface area contributed by atoms with Gasteiger partial charge in [-0.1, -0.05) is 400 Å². The first-order chi connectivity index (χ1) is 74.3. The number of para-hydroxylation sites is 8. The van der Waals surface area contributed by atoms with Gasteiger partial charge in [0.15, 0.2) is 34.9 Å². The molecule has 0 fully saturated rings. The van der Waals surface area contributed by atoms with Crippen LogP contribution in [0, 0.1) is 0 Å². The summed E-state index contributed by atoms with van der Waals surface area (Å²) in [7, 11) is 0. The summed E-state index contributed by atoms with van der Waals surface area (Å²) in [5.74, 6) is 4.43. The van der Waals surface area contributed by atoms with E-state index >= 15 is 0 Å². The third-order valence-electron chi connectivity index (χ3n) is 28.6. The fraction of sp³-hybridized carbons (Fsp3) is 0. The van der Waals surface area contributed by atoms with E-state index in [0.29, 0.717) is 40.9 Å². The lowest BCUT2D eigenvalue weighted by Gasteiger charge is -2.12. The van der Waals surface area contributed by atoms with Gasteiger partial charge in [-0.25, -0.2) is 29.9 Å². The minimum Gasteiger partial charge on any atom is -0.456 e. The molecule has 0 aliphatic heterocycles.